The molecule has 2 aliphatic rings. The number of hydrogen-bond acceptors (Lipinski definition) is 4. The number of amides is 1. The molecular weight excluding hydrogens is 318 g/mol. The van der Waals surface area contributed by atoms with Gasteiger partial charge >= 0.3 is 0 Å². The Balaban J connectivity index is 1.51. The molecule has 1 saturated carbocycles. The third-order valence-corrected chi connectivity index (χ3v) is 5.33. The molecule has 1 saturated heterocycles. The Morgan fingerprint density at radius 1 is 1.40 bits per heavy atom. The molecule has 1 amide bonds. The number of imidazole rings is 1. The van der Waals surface area contributed by atoms with E-state index in [0.29, 0.717) is 24.0 Å². The second-order valence-corrected chi connectivity index (χ2v) is 6.83. The van der Waals surface area contributed by atoms with Crippen LogP contribution in [0, 0.1) is 18.8 Å². The standard InChI is InChI=1S/C19H23N3O3/c1-11-15(21-18(20-11)12-6-4-3-5-7-12)19(23)22-16-13-8-9-25-17(13)14(16)10-24-2/h3-7,13-14,16-17H,8-10H2,1-2H3,(H,20,21)(H,22,23). The first-order chi connectivity index (χ1) is 12.2. The second kappa shape index (κ2) is 6.61. The van der Waals surface area contributed by atoms with Crippen molar-refractivity contribution in [2.24, 2.45) is 11.8 Å². The molecule has 132 valence electrons. The summed E-state index contributed by atoms with van der Waals surface area (Å²) in [5, 5.41) is 3.16. The van der Waals surface area contributed by atoms with Crippen molar-refractivity contribution in [3.05, 3.63) is 41.7 Å². The number of aromatic amines is 1. The lowest BCUT2D eigenvalue weighted by molar-refractivity contribution is -0.0810. The summed E-state index contributed by atoms with van der Waals surface area (Å²) in [6, 6.07) is 9.91. The Hall–Kier alpha value is -2.18. The first kappa shape index (κ1) is 16.3. The van der Waals surface area contributed by atoms with Gasteiger partial charge in [-0.25, -0.2) is 4.98 Å². The van der Waals surface area contributed by atoms with Crippen molar-refractivity contribution in [1.29, 1.82) is 0 Å². The van der Waals surface area contributed by atoms with Crippen molar-refractivity contribution >= 4 is 5.91 Å². The molecule has 2 N–H and O–H groups in total. The molecular formula is C19H23N3O3. The fraction of sp³-hybridized carbons (Fsp3) is 0.474. The summed E-state index contributed by atoms with van der Waals surface area (Å²) in [4.78, 5) is 20.5. The Labute approximate surface area is 146 Å². The maximum Gasteiger partial charge on any atom is 0.272 e. The van der Waals surface area contributed by atoms with E-state index in [2.05, 4.69) is 15.3 Å². The number of rotatable bonds is 5. The van der Waals surface area contributed by atoms with Crippen molar-refractivity contribution < 1.29 is 14.3 Å². The summed E-state index contributed by atoms with van der Waals surface area (Å²) < 4.78 is 11.1. The third-order valence-electron chi connectivity index (χ3n) is 5.33. The van der Waals surface area contributed by atoms with Gasteiger partial charge in [-0.15, -0.1) is 0 Å². The van der Waals surface area contributed by atoms with Crippen LogP contribution < -0.4 is 5.32 Å². The van der Waals surface area contributed by atoms with Crippen LogP contribution >= 0.6 is 0 Å². The molecule has 2 aromatic rings. The van der Waals surface area contributed by atoms with Gasteiger partial charge in [0.2, 0.25) is 0 Å². The smallest absolute Gasteiger partial charge is 0.272 e. The molecule has 1 aliphatic carbocycles. The minimum atomic E-state index is -0.132. The van der Waals surface area contributed by atoms with E-state index in [4.69, 9.17) is 9.47 Å². The molecule has 4 rings (SSSR count). The SMILES string of the molecule is COCC1C(NC(=O)c2nc(-c3ccccc3)[nH]c2C)C2CCOC21. The lowest BCUT2D eigenvalue weighted by atomic mass is 9.67. The zero-order chi connectivity index (χ0) is 17.4. The number of H-pyrrole nitrogens is 1. The predicted octanol–water partition coefficient (Wildman–Crippen LogP) is 2.16. The van der Waals surface area contributed by atoms with Gasteiger partial charge in [0.1, 0.15) is 11.5 Å². The zero-order valence-corrected chi connectivity index (χ0v) is 14.5. The van der Waals surface area contributed by atoms with E-state index in [1.54, 1.807) is 7.11 Å². The van der Waals surface area contributed by atoms with Crippen LogP contribution in [-0.2, 0) is 9.47 Å². The second-order valence-electron chi connectivity index (χ2n) is 6.83. The molecule has 0 spiro atoms. The fourth-order valence-electron chi connectivity index (χ4n) is 4.07. The summed E-state index contributed by atoms with van der Waals surface area (Å²) in [5.41, 5.74) is 2.20. The number of fused-ring (bicyclic) bond motifs is 1. The highest BCUT2D eigenvalue weighted by Crippen LogP contribution is 2.43. The molecule has 6 nitrogen and oxygen atoms in total. The van der Waals surface area contributed by atoms with Crippen LogP contribution in [0.2, 0.25) is 0 Å². The number of nitrogens with one attached hydrogen (secondary N) is 2. The number of benzene rings is 1. The number of hydrogen-bond donors (Lipinski definition) is 2. The first-order valence-corrected chi connectivity index (χ1v) is 8.72. The van der Waals surface area contributed by atoms with Gasteiger partial charge in [0, 0.05) is 42.9 Å². The van der Waals surface area contributed by atoms with Crippen LogP contribution in [0.5, 0.6) is 0 Å². The number of ether oxygens (including phenoxy) is 2. The topological polar surface area (TPSA) is 76.2 Å². The lowest BCUT2D eigenvalue weighted by Crippen LogP contribution is -2.62. The highest BCUT2D eigenvalue weighted by Gasteiger charge is 2.54. The monoisotopic (exact) mass is 341 g/mol. The summed E-state index contributed by atoms with van der Waals surface area (Å²) in [7, 11) is 1.69. The van der Waals surface area contributed by atoms with Crippen molar-refractivity contribution in [2.45, 2.75) is 25.5 Å². The zero-order valence-electron chi connectivity index (χ0n) is 14.5. The van der Waals surface area contributed by atoms with Gasteiger partial charge in [0.05, 0.1) is 12.7 Å². The maximum atomic E-state index is 12.8. The molecule has 4 unspecified atom stereocenters. The summed E-state index contributed by atoms with van der Waals surface area (Å²) in [6.07, 6.45) is 1.20. The third kappa shape index (κ3) is 2.85. The van der Waals surface area contributed by atoms with Crippen molar-refractivity contribution in [3.8, 4) is 11.4 Å². The lowest BCUT2D eigenvalue weighted by Gasteiger charge is -2.47. The van der Waals surface area contributed by atoms with Gasteiger partial charge in [-0.2, -0.15) is 0 Å². The number of aryl methyl sites for hydroxylation is 1. The van der Waals surface area contributed by atoms with E-state index < -0.39 is 0 Å². The molecule has 1 aromatic heterocycles. The van der Waals surface area contributed by atoms with E-state index in [1.807, 2.05) is 37.3 Å². The van der Waals surface area contributed by atoms with E-state index >= 15 is 0 Å². The summed E-state index contributed by atoms with van der Waals surface area (Å²) in [6.45, 7) is 3.24. The molecule has 0 bridgehead atoms. The normalized spacial score (nSPS) is 27.6. The van der Waals surface area contributed by atoms with Crippen LogP contribution in [-0.4, -0.2) is 48.3 Å². The van der Waals surface area contributed by atoms with Gasteiger partial charge in [0.25, 0.3) is 5.91 Å². The minimum absolute atomic E-state index is 0.0937. The van der Waals surface area contributed by atoms with E-state index in [9.17, 15) is 4.79 Å². The van der Waals surface area contributed by atoms with Gasteiger partial charge in [-0.3, -0.25) is 4.79 Å². The van der Waals surface area contributed by atoms with Crippen LogP contribution in [0.15, 0.2) is 30.3 Å². The Kier molecular flexibility index (Phi) is 4.31. The van der Waals surface area contributed by atoms with Crippen molar-refractivity contribution in [2.75, 3.05) is 20.3 Å². The van der Waals surface area contributed by atoms with E-state index in [-0.39, 0.29) is 24.0 Å². The molecule has 4 atom stereocenters. The van der Waals surface area contributed by atoms with E-state index in [0.717, 1.165) is 24.3 Å². The molecule has 6 heteroatoms. The Morgan fingerprint density at radius 2 is 2.20 bits per heavy atom. The predicted molar refractivity (Wildman–Crippen MR) is 93.2 cm³/mol. The average Bonchev–Trinajstić information content (AvgIpc) is 3.22. The van der Waals surface area contributed by atoms with Gasteiger partial charge in [0.15, 0.2) is 0 Å². The van der Waals surface area contributed by atoms with Crippen LogP contribution in [0.3, 0.4) is 0 Å². The number of methoxy groups -OCH3 is 1. The van der Waals surface area contributed by atoms with E-state index in [1.165, 1.54) is 0 Å². The molecule has 1 aliphatic heterocycles. The van der Waals surface area contributed by atoms with Gasteiger partial charge < -0.3 is 19.8 Å². The highest BCUT2D eigenvalue weighted by molar-refractivity contribution is 5.94. The van der Waals surface area contributed by atoms with Crippen LogP contribution in [0.1, 0.15) is 22.6 Å². The molecule has 25 heavy (non-hydrogen) atoms. The Morgan fingerprint density at radius 3 is 2.96 bits per heavy atom. The number of aromatic nitrogens is 2. The largest absolute Gasteiger partial charge is 0.384 e. The highest BCUT2D eigenvalue weighted by atomic mass is 16.5. The number of carbonyl (C=O) groups excluding carboxylic acids is 1. The molecule has 2 fully saturated rings. The minimum Gasteiger partial charge on any atom is -0.384 e. The van der Waals surface area contributed by atoms with Crippen molar-refractivity contribution in [1.82, 2.24) is 15.3 Å². The molecule has 1 aromatic carbocycles. The Bertz CT molecular complexity index is 759. The van der Waals surface area contributed by atoms with Crippen molar-refractivity contribution in [3.63, 3.8) is 0 Å². The summed E-state index contributed by atoms with van der Waals surface area (Å²) >= 11 is 0. The van der Waals surface area contributed by atoms with Crippen LogP contribution in [0.4, 0.5) is 0 Å². The molecule has 0 radical (unpaired) electrons. The van der Waals surface area contributed by atoms with Gasteiger partial charge in [-0.05, 0) is 13.3 Å². The average molecular weight is 341 g/mol. The quantitative estimate of drug-likeness (QED) is 0.874. The number of nitrogens with zero attached hydrogens (tertiary/aromatic N) is 1. The van der Waals surface area contributed by atoms with Crippen LogP contribution in [0.25, 0.3) is 11.4 Å². The van der Waals surface area contributed by atoms with Gasteiger partial charge in [-0.1, -0.05) is 30.3 Å². The number of carbonyl (C=O) groups is 1. The maximum absolute atomic E-state index is 12.8. The fourth-order valence-corrected chi connectivity index (χ4v) is 4.07. The summed E-state index contributed by atoms with van der Waals surface area (Å²) in [5.74, 6) is 1.19. The first-order valence-electron chi connectivity index (χ1n) is 8.72. The molecule has 2 heterocycles.